The number of hydrogen-bond acceptors (Lipinski definition) is 3. The van der Waals surface area contributed by atoms with Crippen LogP contribution in [0.2, 0.25) is 0 Å². The number of nitrogens with one attached hydrogen (secondary N) is 1. The number of nitrogens with zero attached hydrogens (tertiary/aromatic N) is 1. The van der Waals surface area contributed by atoms with E-state index >= 15 is 0 Å². The number of aromatic nitrogens is 1. The number of rotatable bonds is 3. The highest BCUT2D eigenvalue weighted by molar-refractivity contribution is 5.65. The normalized spacial score (nSPS) is 21.0. The van der Waals surface area contributed by atoms with Crippen molar-refractivity contribution in [2.75, 3.05) is 6.54 Å². The van der Waals surface area contributed by atoms with Gasteiger partial charge in [0, 0.05) is 24.6 Å². The molecule has 128 valence electrons. The number of amides is 1. The summed E-state index contributed by atoms with van der Waals surface area (Å²) < 4.78 is 32.3. The van der Waals surface area contributed by atoms with Crippen molar-refractivity contribution in [2.45, 2.75) is 31.2 Å². The number of hydrogen-bond donors (Lipinski definition) is 2. The van der Waals surface area contributed by atoms with Gasteiger partial charge in [-0.05, 0) is 43.0 Å². The molecule has 0 bridgehead atoms. The monoisotopic (exact) mass is 338 g/mol. The van der Waals surface area contributed by atoms with Crippen molar-refractivity contribution < 1.29 is 23.2 Å². The van der Waals surface area contributed by atoms with Gasteiger partial charge in [-0.3, -0.25) is 4.79 Å². The first-order chi connectivity index (χ1) is 11.4. The molecule has 0 saturated carbocycles. The molecule has 6 nitrogen and oxygen atoms in total. The number of aromatic amines is 1. The van der Waals surface area contributed by atoms with Crippen LogP contribution in [0.4, 0.5) is 13.6 Å². The summed E-state index contributed by atoms with van der Waals surface area (Å²) in [5.74, 6) is -0.842. The topological polar surface area (TPSA) is 86.5 Å². The van der Waals surface area contributed by atoms with Crippen LogP contribution in [0.3, 0.4) is 0 Å². The second-order valence-corrected chi connectivity index (χ2v) is 5.91. The second kappa shape index (κ2) is 6.46. The van der Waals surface area contributed by atoms with E-state index in [4.69, 9.17) is 4.52 Å². The molecule has 3 rings (SSSR count). The molecule has 1 aliphatic rings. The van der Waals surface area contributed by atoms with Crippen molar-refractivity contribution in [3.63, 3.8) is 0 Å². The predicted molar refractivity (Wildman–Crippen MR) is 79.9 cm³/mol. The number of halogens is 2. The third-order valence-electron chi connectivity index (χ3n) is 4.37. The van der Waals surface area contributed by atoms with Crippen molar-refractivity contribution in [1.82, 2.24) is 10.1 Å². The van der Waals surface area contributed by atoms with E-state index in [0.29, 0.717) is 18.6 Å². The van der Waals surface area contributed by atoms with Gasteiger partial charge in [-0.25, -0.2) is 13.6 Å². The van der Waals surface area contributed by atoms with E-state index in [2.05, 4.69) is 5.16 Å². The van der Waals surface area contributed by atoms with E-state index in [1.54, 1.807) is 0 Å². The van der Waals surface area contributed by atoms with Crippen molar-refractivity contribution in [3.05, 3.63) is 57.6 Å². The van der Waals surface area contributed by atoms with E-state index in [0.717, 1.165) is 18.2 Å². The maximum Gasteiger partial charge on any atom is 0.407 e. The molecule has 1 aromatic heterocycles. The van der Waals surface area contributed by atoms with Crippen LogP contribution in [0.5, 0.6) is 0 Å². The molecule has 1 aromatic carbocycles. The van der Waals surface area contributed by atoms with Crippen LogP contribution in [0.25, 0.3) is 0 Å². The lowest BCUT2D eigenvalue weighted by Crippen LogP contribution is -2.46. The number of carboxylic acid groups (broad SMARTS) is 1. The van der Waals surface area contributed by atoms with Crippen LogP contribution in [-0.4, -0.2) is 33.8 Å². The number of benzene rings is 1. The molecule has 2 heterocycles. The number of likely N-dealkylation sites (tertiary alicyclic amines) is 1. The van der Waals surface area contributed by atoms with Crippen molar-refractivity contribution in [3.8, 4) is 0 Å². The van der Waals surface area contributed by atoms with Crippen LogP contribution in [0.15, 0.2) is 33.6 Å². The fourth-order valence-electron chi connectivity index (χ4n) is 3.21. The molecule has 1 saturated heterocycles. The molecule has 1 amide bonds. The Morgan fingerprint density at radius 3 is 2.83 bits per heavy atom. The molecule has 2 N–H and O–H groups in total. The molecule has 1 fully saturated rings. The maximum absolute atomic E-state index is 13.9. The highest BCUT2D eigenvalue weighted by Crippen LogP contribution is 2.32. The molecule has 24 heavy (non-hydrogen) atoms. The number of piperidine rings is 1. The lowest BCUT2D eigenvalue weighted by molar-refractivity contribution is 0.0965. The summed E-state index contributed by atoms with van der Waals surface area (Å²) in [4.78, 5) is 23.9. The molecular formula is C16H16F2N2O4. The quantitative estimate of drug-likeness (QED) is 0.901. The number of H-pyrrole nitrogens is 1. The van der Waals surface area contributed by atoms with Crippen LogP contribution in [0, 0.1) is 11.6 Å². The van der Waals surface area contributed by atoms with Gasteiger partial charge in [-0.2, -0.15) is 5.16 Å². The van der Waals surface area contributed by atoms with Crippen LogP contribution >= 0.6 is 0 Å². The van der Waals surface area contributed by atoms with Crippen molar-refractivity contribution >= 4 is 6.09 Å². The van der Waals surface area contributed by atoms with Gasteiger partial charge in [0.1, 0.15) is 17.4 Å². The van der Waals surface area contributed by atoms with Gasteiger partial charge in [-0.1, -0.05) is 0 Å². The van der Waals surface area contributed by atoms with Crippen LogP contribution in [0.1, 0.15) is 30.1 Å². The van der Waals surface area contributed by atoms with Crippen molar-refractivity contribution in [2.24, 2.45) is 0 Å². The first kappa shape index (κ1) is 16.2. The molecule has 8 heteroatoms. The van der Waals surface area contributed by atoms with Gasteiger partial charge < -0.3 is 14.5 Å². The van der Waals surface area contributed by atoms with Gasteiger partial charge in [0.25, 0.3) is 5.56 Å². The Morgan fingerprint density at radius 1 is 1.38 bits per heavy atom. The first-order valence-corrected chi connectivity index (χ1v) is 7.56. The standard InChI is InChI=1S/C16H16F2N2O4/c17-11-1-2-13(18)10(5-11)7-12-6-9(3-4-20(12)16(22)23)14-8-15(21)19-24-14/h1-2,5,8-9,12H,3-4,6-7H2,(H,19,21)(H,22,23). The Bertz CT molecular complexity index is 801. The van der Waals surface area contributed by atoms with Gasteiger partial charge >= 0.3 is 6.09 Å². The van der Waals surface area contributed by atoms with Gasteiger partial charge in [0.2, 0.25) is 0 Å². The highest BCUT2D eigenvalue weighted by atomic mass is 19.1. The SMILES string of the molecule is O=C(O)N1CCC(c2cc(=O)[nH]o2)CC1Cc1cc(F)ccc1F. The van der Waals surface area contributed by atoms with Crippen molar-refractivity contribution in [1.29, 1.82) is 0 Å². The van der Waals surface area contributed by atoms with Gasteiger partial charge in [-0.15, -0.1) is 0 Å². The summed E-state index contributed by atoms with van der Waals surface area (Å²) in [6.45, 7) is 0.233. The first-order valence-electron chi connectivity index (χ1n) is 7.56. The fraction of sp³-hybridized carbons (Fsp3) is 0.375. The van der Waals surface area contributed by atoms with E-state index < -0.39 is 23.8 Å². The summed E-state index contributed by atoms with van der Waals surface area (Å²) >= 11 is 0. The summed E-state index contributed by atoms with van der Waals surface area (Å²) in [6.07, 6.45) is -0.190. The Balaban J connectivity index is 1.84. The molecule has 0 aliphatic carbocycles. The third-order valence-corrected chi connectivity index (χ3v) is 4.37. The Morgan fingerprint density at radius 2 is 2.17 bits per heavy atom. The van der Waals surface area contributed by atoms with Gasteiger partial charge in [0.15, 0.2) is 0 Å². The van der Waals surface area contributed by atoms with Crippen LogP contribution in [-0.2, 0) is 6.42 Å². The molecule has 2 unspecified atom stereocenters. The second-order valence-electron chi connectivity index (χ2n) is 5.91. The lowest BCUT2D eigenvalue weighted by atomic mass is 9.86. The third kappa shape index (κ3) is 3.32. The highest BCUT2D eigenvalue weighted by Gasteiger charge is 2.34. The average Bonchev–Trinajstić information content (AvgIpc) is 2.97. The Labute approximate surface area is 135 Å². The Kier molecular flexibility index (Phi) is 4.37. The molecule has 2 atom stereocenters. The largest absolute Gasteiger partial charge is 0.465 e. The minimum atomic E-state index is -1.11. The zero-order valence-corrected chi connectivity index (χ0v) is 12.7. The summed E-state index contributed by atoms with van der Waals surface area (Å²) in [6, 6.07) is 3.93. The Hall–Kier alpha value is -2.64. The van der Waals surface area contributed by atoms with E-state index in [9.17, 15) is 23.5 Å². The smallest absolute Gasteiger partial charge is 0.407 e. The minimum Gasteiger partial charge on any atom is -0.465 e. The molecule has 0 spiro atoms. The molecule has 2 aromatic rings. The minimum absolute atomic E-state index is 0.0566. The van der Waals surface area contributed by atoms with E-state index in [1.807, 2.05) is 0 Å². The summed E-state index contributed by atoms with van der Waals surface area (Å²) in [7, 11) is 0. The van der Waals surface area contributed by atoms with Crippen LogP contribution < -0.4 is 5.56 Å². The molecule has 0 radical (unpaired) electrons. The summed E-state index contributed by atoms with van der Waals surface area (Å²) in [5, 5.41) is 11.6. The average molecular weight is 338 g/mol. The summed E-state index contributed by atoms with van der Waals surface area (Å²) in [5.41, 5.74) is -0.235. The lowest BCUT2D eigenvalue weighted by Gasteiger charge is -2.37. The molecular weight excluding hydrogens is 322 g/mol. The zero-order chi connectivity index (χ0) is 17.3. The number of carbonyl (C=O) groups is 1. The molecule has 1 aliphatic heterocycles. The van der Waals surface area contributed by atoms with E-state index in [1.165, 1.54) is 11.0 Å². The zero-order valence-electron chi connectivity index (χ0n) is 12.7. The maximum atomic E-state index is 13.9. The predicted octanol–water partition coefficient (Wildman–Crippen LogP) is 2.71. The van der Waals surface area contributed by atoms with Gasteiger partial charge in [0.05, 0.1) is 0 Å². The van der Waals surface area contributed by atoms with E-state index in [-0.39, 0.29) is 30.0 Å². The fourth-order valence-corrected chi connectivity index (χ4v) is 3.21.